The molecule has 0 atom stereocenters. The number of H-pyrrole nitrogens is 1. The van der Waals surface area contributed by atoms with Gasteiger partial charge in [0.2, 0.25) is 0 Å². The van der Waals surface area contributed by atoms with E-state index in [-0.39, 0.29) is 0 Å². The molecule has 0 unspecified atom stereocenters. The van der Waals surface area contributed by atoms with Gasteiger partial charge in [-0.1, -0.05) is 18.2 Å². The topological polar surface area (TPSA) is 46.5 Å². The highest BCUT2D eigenvalue weighted by Gasteiger charge is 2.03. The third-order valence-electron chi connectivity index (χ3n) is 2.22. The van der Waals surface area contributed by atoms with Gasteiger partial charge >= 0.3 is 0 Å². The maximum atomic E-state index is 4.11. The molecular weight excluding hydrogens is 176 g/mol. The highest BCUT2D eigenvalue weighted by Crippen LogP contribution is 2.17. The third kappa shape index (κ3) is 0.939. The van der Waals surface area contributed by atoms with E-state index in [0.717, 1.165) is 5.52 Å². The molecule has 0 saturated carbocycles. The van der Waals surface area contributed by atoms with Gasteiger partial charge in [0.1, 0.15) is 6.33 Å². The fourth-order valence-corrected chi connectivity index (χ4v) is 1.58. The van der Waals surface area contributed by atoms with E-state index in [2.05, 4.69) is 21.2 Å². The van der Waals surface area contributed by atoms with E-state index in [4.69, 9.17) is 0 Å². The first-order valence-electron chi connectivity index (χ1n) is 4.37. The number of aromatic amines is 1. The van der Waals surface area contributed by atoms with Crippen LogP contribution in [0, 0.1) is 0 Å². The molecule has 0 bridgehead atoms. The Bertz CT molecular complexity index is 550. The molecule has 3 rings (SSSR count). The number of nitrogens with one attached hydrogen (secondary N) is 1. The molecule has 2 aromatic heterocycles. The number of hydrogen-bond donors (Lipinski definition) is 1. The molecule has 14 heavy (non-hydrogen) atoms. The van der Waals surface area contributed by atoms with Gasteiger partial charge in [0, 0.05) is 11.6 Å². The fraction of sp³-hybridized carbons (Fsp3) is 0. The van der Waals surface area contributed by atoms with E-state index in [1.807, 2.05) is 35.0 Å². The summed E-state index contributed by atoms with van der Waals surface area (Å²) >= 11 is 0. The number of nitrogens with zero attached hydrogens (tertiary/aromatic N) is 3. The van der Waals surface area contributed by atoms with Crippen molar-refractivity contribution < 1.29 is 0 Å². The normalized spacial score (nSPS) is 10.9. The van der Waals surface area contributed by atoms with Gasteiger partial charge in [-0.3, -0.25) is 9.67 Å². The van der Waals surface area contributed by atoms with Gasteiger partial charge in [-0.2, -0.15) is 0 Å². The van der Waals surface area contributed by atoms with Crippen LogP contribution in [0.25, 0.3) is 16.9 Å². The van der Waals surface area contributed by atoms with Gasteiger partial charge in [0.15, 0.2) is 0 Å². The molecule has 1 N–H and O–H groups in total. The Morgan fingerprint density at radius 3 is 2.93 bits per heavy atom. The lowest BCUT2D eigenvalue weighted by atomic mass is 10.2. The van der Waals surface area contributed by atoms with Crippen molar-refractivity contribution in [2.75, 3.05) is 0 Å². The van der Waals surface area contributed by atoms with Crippen LogP contribution in [0.15, 0.2) is 42.9 Å². The molecule has 0 spiro atoms. The average molecular weight is 184 g/mol. The molecule has 0 aliphatic heterocycles. The second-order valence-electron chi connectivity index (χ2n) is 3.04. The van der Waals surface area contributed by atoms with E-state index in [0.29, 0.717) is 5.95 Å². The largest absolute Gasteiger partial charge is 0.284 e. The summed E-state index contributed by atoms with van der Waals surface area (Å²) < 4.78 is 1.95. The first-order chi connectivity index (χ1) is 6.95. The molecule has 0 radical (unpaired) electrons. The van der Waals surface area contributed by atoms with Crippen LogP contribution in [-0.2, 0) is 0 Å². The predicted octanol–water partition coefficient (Wildman–Crippen LogP) is 1.75. The zero-order valence-electron chi connectivity index (χ0n) is 7.38. The number of rotatable bonds is 1. The van der Waals surface area contributed by atoms with Crippen molar-refractivity contribution in [3.63, 3.8) is 0 Å². The Labute approximate surface area is 80.2 Å². The summed E-state index contributed by atoms with van der Waals surface area (Å²) in [5, 5.41) is 7.93. The van der Waals surface area contributed by atoms with Gasteiger partial charge in [-0.25, -0.2) is 4.98 Å². The van der Waals surface area contributed by atoms with Crippen LogP contribution in [-0.4, -0.2) is 19.7 Å². The van der Waals surface area contributed by atoms with E-state index in [1.165, 1.54) is 5.39 Å². The van der Waals surface area contributed by atoms with Crippen LogP contribution >= 0.6 is 0 Å². The molecule has 4 heteroatoms. The molecule has 0 amide bonds. The summed E-state index contributed by atoms with van der Waals surface area (Å²) in [5.41, 5.74) is 1.12. The fourth-order valence-electron chi connectivity index (χ4n) is 1.58. The van der Waals surface area contributed by atoms with E-state index < -0.39 is 0 Å². The minimum Gasteiger partial charge on any atom is -0.284 e. The van der Waals surface area contributed by atoms with Gasteiger partial charge < -0.3 is 0 Å². The van der Waals surface area contributed by atoms with E-state index in [1.54, 1.807) is 6.33 Å². The van der Waals surface area contributed by atoms with Gasteiger partial charge in [0.25, 0.3) is 5.95 Å². The maximum absolute atomic E-state index is 4.11. The zero-order valence-corrected chi connectivity index (χ0v) is 7.38. The second-order valence-corrected chi connectivity index (χ2v) is 3.04. The molecular formula is C10H8N4. The third-order valence-corrected chi connectivity index (χ3v) is 2.22. The highest BCUT2D eigenvalue weighted by atomic mass is 15.3. The van der Waals surface area contributed by atoms with E-state index in [9.17, 15) is 0 Å². The Balaban J connectivity index is 2.33. The standard InChI is InChI=1S/C10H8N4/c1-2-4-9-8(3-1)5-6-14(9)10-11-7-12-13-10/h1-7H,(H,11,12,13). The number of benzene rings is 1. The Kier molecular flexibility index (Phi) is 1.41. The minimum absolute atomic E-state index is 0.672. The van der Waals surface area contributed by atoms with Crippen molar-refractivity contribution in [2.24, 2.45) is 0 Å². The minimum atomic E-state index is 0.672. The molecule has 2 heterocycles. The summed E-state index contributed by atoms with van der Waals surface area (Å²) in [4.78, 5) is 4.11. The van der Waals surface area contributed by atoms with Crippen LogP contribution in [0.3, 0.4) is 0 Å². The first kappa shape index (κ1) is 7.32. The monoisotopic (exact) mass is 184 g/mol. The SMILES string of the molecule is c1ccc2c(c1)ccn2-c1nc[nH]n1. The number of fused-ring (bicyclic) bond motifs is 1. The van der Waals surface area contributed by atoms with Crippen molar-refractivity contribution >= 4 is 10.9 Å². The number of aromatic nitrogens is 4. The number of hydrogen-bond acceptors (Lipinski definition) is 2. The summed E-state index contributed by atoms with van der Waals surface area (Å²) in [7, 11) is 0. The van der Waals surface area contributed by atoms with Gasteiger partial charge in [0.05, 0.1) is 5.52 Å². The lowest BCUT2D eigenvalue weighted by molar-refractivity contribution is 0.966. The Morgan fingerprint density at radius 1 is 1.14 bits per heavy atom. The van der Waals surface area contributed by atoms with Crippen molar-refractivity contribution in [3.8, 4) is 5.95 Å². The maximum Gasteiger partial charge on any atom is 0.253 e. The molecule has 0 saturated heterocycles. The van der Waals surface area contributed by atoms with Crippen molar-refractivity contribution in [1.82, 2.24) is 19.7 Å². The quantitative estimate of drug-likeness (QED) is 0.626. The van der Waals surface area contributed by atoms with Crippen LogP contribution in [0.4, 0.5) is 0 Å². The van der Waals surface area contributed by atoms with Crippen LogP contribution in [0.5, 0.6) is 0 Å². The van der Waals surface area contributed by atoms with Gasteiger partial charge in [-0.15, -0.1) is 5.10 Å². The van der Waals surface area contributed by atoms with E-state index >= 15 is 0 Å². The molecule has 0 aliphatic carbocycles. The predicted molar refractivity (Wildman–Crippen MR) is 53.2 cm³/mol. The summed E-state index contributed by atoms with van der Waals surface area (Å²) in [6.07, 6.45) is 3.54. The Morgan fingerprint density at radius 2 is 2.07 bits per heavy atom. The summed E-state index contributed by atoms with van der Waals surface area (Å²) in [5.74, 6) is 0.672. The average Bonchev–Trinajstić information content (AvgIpc) is 2.85. The van der Waals surface area contributed by atoms with Crippen molar-refractivity contribution in [3.05, 3.63) is 42.9 Å². The smallest absolute Gasteiger partial charge is 0.253 e. The van der Waals surface area contributed by atoms with Gasteiger partial charge in [-0.05, 0) is 12.1 Å². The van der Waals surface area contributed by atoms with Crippen LogP contribution in [0.2, 0.25) is 0 Å². The Hall–Kier alpha value is -2.10. The molecule has 0 fully saturated rings. The first-order valence-corrected chi connectivity index (χ1v) is 4.37. The molecule has 68 valence electrons. The van der Waals surface area contributed by atoms with Crippen LogP contribution in [0.1, 0.15) is 0 Å². The molecule has 0 aliphatic rings. The van der Waals surface area contributed by atoms with Crippen LogP contribution < -0.4 is 0 Å². The molecule has 3 aromatic rings. The lowest BCUT2D eigenvalue weighted by Crippen LogP contribution is -1.93. The molecule has 4 nitrogen and oxygen atoms in total. The second kappa shape index (κ2) is 2.70. The molecule has 1 aromatic carbocycles. The zero-order chi connectivity index (χ0) is 9.38. The lowest BCUT2D eigenvalue weighted by Gasteiger charge is -1.97. The van der Waals surface area contributed by atoms with Crippen molar-refractivity contribution in [1.29, 1.82) is 0 Å². The van der Waals surface area contributed by atoms with Crippen molar-refractivity contribution in [2.45, 2.75) is 0 Å². The number of para-hydroxylation sites is 1. The highest BCUT2D eigenvalue weighted by molar-refractivity contribution is 5.81. The summed E-state index contributed by atoms with van der Waals surface area (Å²) in [6, 6.07) is 10.2. The summed E-state index contributed by atoms with van der Waals surface area (Å²) in [6.45, 7) is 0.